The molecule has 0 unspecified atom stereocenters. The predicted octanol–water partition coefficient (Wildman–Crippen LogP) is 13.5. The molecule has 0 N–H and O–H groups in total. The summed E-state index contributed by atoms with van der Waals surface area (Å²) in [5.74, 6) is 1.25. The van der Waals surface area contributed by atoms with Crippen molar-refractivity contribution in [3.63, 3.8) is 0 Å². The van der Waals surface area contributed by atoms with Gasteiger partial charge in [0, 0.05) is 43.4 Å². The van der Waals surface area contributed by atoms with Gasteiger partial charge < -0.3 is 13.2 Å². The first kappa shape index (κ1) is 30.5. The number of para-hydroxylation sites is 4. The van der Waals surface area contributed by atoms with E-state index >= 15 is 0 Å². The second kappa shape index (κ2) is 11.4. The zero-order chi connectivity index (χ0) is 37.2. The summed E-state index contributed by atoms with van der Waals surface area (Å²) in [7, 11) is 0. The van der Waals surface area contributed by atoms with E-state index in [1.165, 1.54) is 16.3 Å². The van der Waals surface area contributed by atoms with E-state index in [9.17, 15) is 0 Å². The molecule has 0 aliphatic carbocycles. The Hall–Kier alpha value is -7.83. The van der Waals surface area contributed by atoms with E-state index in [4.69, 9.17) is 23.8 Å². The van der Waals surface area contributed by atoms with Crippen molar-refractivity contribution in [2.75, 3.05) is 0 Å². The SMILES string of the molecule is c1ccc(-c2nc3cc4c5ccccc5n5c6ccc(-c7cccc(-c8nc(-c9cccc%10c9oc9ccccc9%10)nc9ccccc89)c7)cc6c(c3o2)c45)cc1. The predicted molar refractivity (Wildman–Crippen MR) is 231 cm³/mol. The molecule has 8 aromatic carbocycles. The molecule has 0 radical (unpaired) electrons. The third kappa shape index (κ3) is 4.32. The lowest BCUT2D eigenvalue weighted by atomic mass is 9.98. The molecule has 0 fully saturated rings. The van der Waals surface area contributed by atoms with Gasteiger partial charge in [-0.25, -0.2) is 15.0 Å². The number of hydrogen-bond donors (Lipinski definition) is 0. The molecule has 0 bridgehead atoms. The number of benzene rings is 8. The highest BCUT2D eigenvalue weighted by Gasteiger charge is 2.24. The first-order valence-electron chi connectivity index (χ1n) is 19.1. The molecule has 0 spiro atoms. The van der Waals surface area contributed by atoms with Gasteiger partial charge in [-0.2, -0.15) is 0 Å². The van der Waals surface area contributed by atoms with Crippen molar-refractivity contribution >= 4 is 82.0 Å². The van der Waals surface area contributed by atoms with Gasteiger partial charge in [-0.1, -0.05) is 109 Å². The molecule has 5 aromatic heterocycles. The largest absolute Gasteiger partial charge is 0.455 e. The van der Waals surface area contributed by atoms with Crippen LogP contribution in [-0.4, -0.2) is 19.4 Å². The van der Waals surface area contributed by atoms with Gasteiger partial charge in [-0.05, 0) is 71.8 Å². The number of furan rings is 1. The van der Waals surface area contributed by atoms with Crippen LogP contribution in [0.1, 0.15) is 0 Å². The number of aromatic nitrogens is 4. The highest BCUT2D eigenvalue weighted by molar-refractivity contribution is 6.30. The average Bonchev–Trinajstić information content (AvgIpc) is 4.04. The molecule has 0 aliphatic heterocycles. The van der Waals surface area contributed by atoms with Gasteiger partial charge in [0.2, 0.25) is 5.89 Å². The second-order valence-corrected chi connectivity index (χ2v) is 14.7. The van der Waals surface area contributed by atoms with Crippen LogP contribution < -0.4 is 0 Å². The van der Waals surface area contributed by atoms with Gasteiger partial charge in [0.05, 0.1) is 38.7 Å². The first-order valence-corrected chi connectivity index (χ1v) is 19.1. The Morgan fingerprint density at radius 1 is 0.404 bits per heavy atom. The minimum Gasteiger partial charge on any atom is -0.455 e. The lowest BCUT2D eigenvalue weighted by Crippen LogP contribution is -1.95. The van der Waals surface area contributed by atoms with Crippen LogP contribution in [0.25, 0.3) is 127 Å². The molecule has 13 rings (SSSR count). The molecule has 5 heterocycles. The van der Waals surface area contributed by atoms with Gasteiger partial charge in [-0.15, -0.1) is 0 Å². The Labute approximate surface area is 324 Å². The molecule has 0 saturated heterocycles. The van der Waals surface area contributed by atoms with E-state index in [0.717, 1.165) is 99.3 Å². The molecule has 0 saturated carbocycles. The smallest absolute Gasteiger partial charge is 0.227 e. The summed E-state index contributed by atoms with van der Waals surface area (Å²) in [6.45, 7) is 0. The van der Waals surface area contributed by atoms with Crippen LogP contribution in [0, 0.1) is 0 Å². The highest BCUT2D eigenvalue weighted by atomic mass is 16.3. The van der Waals surface area contributed by atoms with Gasteiger partial charge in [0.1, 0.15) is 16.7 Å². The summed E-state index contributed by atoms with van der Waals surface area (Å²) in [5.41, 5.74) is 13.5. The first-order chi connectivity index (χ1) is 28.2. The van der Waals surface area contributed by atoms with Crippen molar-refractivity contribution in [2.45, 2.75) is 0 Å². The Kier molecular flexibility index (Phi) is 6.07. The molecule has 0 atom stereocenters. The summed E-state index contributed by atoms with van der Waals surface area (Å²) in [6, 6.07) is 59.0. The van der Waals surface area contributed by atoms with Gasteiger partial charge in [0.15, 0.2) is 11.4 Å². The fraction of sp³-hybridized carbons (Fsp3) is 0. The van der Waals surface area contributed by atoms with Crippen molar-refractivity contribution in [3.8, 4) is 45.2 Å². The minimum absolute atomic E-state index is 0.621. The zero-order valence-corrected chi connectivity index (χ0v) is 30.3. The van der Waals surface area contributed by atoms with Crippen LogP contribution in [0.3, 0.4) is 0 Å². The Morgan fingerprint density at radius 3 is 2.05 bits per heavy atom. The minimum atomic E-state index is 0.621. The molecular formula is C51H28N4O2. The standard InChI is InChI=1S/C51H28N4O2/c1-2-12-29(13-3-1)51-53-41-28-38-33-16-5-8-22-42(33)55-43-25-24-31(27-39(43)45(47(38)55)49(41)57-51)30-14-10-15-32(26-30)46-36-18-4-7-21-40(36)52-50(54-46)37-20-11-19-35-34-17-6-9-23-44(34)56-48(35)37/h1-28H. The molecule has 0 amide bonds. The van der Waals surface area contributed by atoms with E-state index < -0.39 is 0 Å². The molecule has 0 aliphatic rings. The second-order valence-electron chi connectivity index (χ2n) is 14.7. The van der Waals surface area contributed by atoms with Gasteiger partial charge in [0.25, 0.3) is 0 Å². The van der Waals surface area contributed by atoms with E-state index in [-0.39, 0.29) is 0 Å². The van der Waals surface area contributed by atoms with Crippen molar-refractivity contribution in [3.05, 3.63) is 170 Å². The number of fused-ring (bicyclic) bond motifs is 12. The van der Waals surface area contributed by atoms with Crippen molar-refractivity contribution in [2.24, 2.45) is 0 Å². The van der Waals surface area contributed by atoms with Gasteiger partial charge >= 0.3 is 0 Å². The Balaban J connectivity index is 1.02. The summed E-state index contributed by atoms with van der Waals surface area (Å²) < 4.78 is 15.5. The maximum absolute atomic E-state index is 6.68. The maximum Gasteiger partial charge on any atom is 0.227 e. The third-order valence-electron chi connectivity index (χ3n) is 11.6. The molecule has 6 heteroatoms. The van der Waals surface area contributed by atoms with Crippen molar-refractivity contribution < 1.29 is 8.83 Å². The van der Waals surface area contributed by atoms with E-state index in [1.54, 1.807) is 0 Å². The molecule has 57 heavy (non-hydrogen) atoms. The summed E-state index contributed by atoms with van der Waals surface area (Å²) >= 11 is 0. The van der Waals surface area contributed by atoms with Crippen molar-refractivity contribution in [1.29, 1.82) is 0 Å². The average molecular weight is 729 g/mol. The van der Waals surface area contributed by atoms with Crippen LogP contribution in [0.4, 0.5) is 0 Å². The lowest BCUT2D eigenvalue weighted by molar-refractivity contribution is 0.623. The normalized spacial score (nSPS) is 12.2. The summed E-state index contributed by atoms with van der Waals surface area (Å²) in [5, 5.41) is 7.70. The topological polar surface area (TPSA) is 69.4 Å². The van der Waals surface area contributed by atoms with Crippen molar-refractivity contribution in [1.82, 2.24) is 19.4 Å². The fourth-order valence-electron chi connectivity index (χ4n) is 9.01. The monoisotopic (exact) mass is 728 g/mol. The summed E-state index contributed by atoms with van der Waals surface area (Å²) in [6.07, 6.45) is 0. The van der Waals surface area contributed by atoms with E-state index in [2.05, 4.69) is 108 Å². The van der Waals surface area contributed by atoms with Gasteiger partial charge in [-0.3, -0.25) is 0 Å². The number of oxazole rings is 1. The molecule has 13 aromatic rings. The molecule has 6 nitrogen and oxygen atoms in total. The Morgan fingerprint density at radius 2 is 1.12 bits per heavy atom. The van der Waals surface area contributed by atoms with E-state index in [0.29, 0.717) is 11.7 Å². The number of rotatable bonds is 4. The van der Waals surface area contributed by atoms with Crippen LogP contribution in [-0.2, 0) is 0 Å². The summed E-state index contributed by atoms with van der Waals surface area (Å²) in [4.78, 5) is 15.4. The van der Waals surface area contributed by atoms with E-state index in [1.807, 2.05) is 66.7 Å². The quantitative estimate of drug-likeness (QED) is 0.180. The maximum atomic E-state index is 6.68. The van der Waals surface area contributed by atoms with Crippen LogP contribution >= 0.6 is 0 Å². The molecule has 264 valence electrons. The highest BCUT2D eigenvalue weighted by Crippen LogP contribution is 2.45. The Bertz CT molecular complexity index is 3760. The fourth-order valence-corrected chi connectivity index (χ4v) is 9.01. The van der Waals surface area contributed by atoms with Crippen LogP contribution in [0.5, 0.6) is 0 Å². The third-order valence-corrected chi connectivity index (χ3v) is 11.6. The lowest BCUT2D eigenvalue weighted by Gasteiger charge is -2.11. The molecular weight excluding hydrogens is 701 g/mol. The van der Waals surface area contributed by atoms with Crippen LogP contribution in [0.15, 0.2) is 179 Å². The van der Waals surface area contributed by atoms with Crippen LogP contribution in [0.2, 0.25) is 0 Å². The zero-order valence-electron chi connectivity index (χ0n) is 30.3. The number of hydrogen-bond acceptors (Lipinski definition) is 5. The number of nitrogens with zero attached hydrogens (tertiary/aromatic N) is 4.